The molecular formula is C18H24N2O6. The Labute approximate surface area is 152 Å². The van der Waals surface area contributed by atoms with E-state index in [9.17, 15) is 14.4 Å². The molecule has 26 heavy (non-hydrogen) atoms. The number of nitrogens with one attached hydrogen (secondary N) is 1. The van der Waals surface area contributed by atoms with Crippen LogP contribution in [-0.4, -0.2) is 52.2 Å². The molecule has 142 valence electrons. The Balaban J connectivity index is 1.95. The minimum Gasteiger partial charge on any atom is -0.497 e. The number of anilines is 1. The average molecular weight is 364 g/mol. The third kappa shape index (κ3) is 4.65. The number of carbonyl (C=O) groups is 3. The molecule has 0 bridgehead atoms. The summed E-state index contributed by atoms with van der Waals surface area (Å²) in [5.41, 5.74) is 0.610. The van der Waals surface area contributed by atoms with Gasteiger partial charge < -0.3 is 24.4 Å². The topological polar surface area (TPSA) is 94.2 Å². The summed E-state index contributed by atoms with van der Waals surface area (Å²) in [5, 5.41) is 2.77. The molecule has 8 heteroatoms. The number of esters is 1. The van der Waals surface area contributed by atoms with Gasteiger partial charge in [0.25, 0.3) is 0 Å². The van der Waals surface area contributed by atoms with Crippen molar-refractivity contribution in [2.24, 2.45) is 5.92 Å². The lowest BCUT2D eigenvalue weighted by Crippen LogP contribution is -2.33. The average Bonchev–Trinajstić information content (AvgIpc) is 3.05. The number of amides is 2. The zero-order valence-electron chi connectivity index (χ0n) is 15.2. The van der Waals surface area contributed by atoms with Crippen molar-refractivity contribution in [2.75, 3.05) is 39.3 Å². The van der Waals surface area contributed by atoms with Gasteiger partial charge in [-0.1, -0.05) is 0 Å². The molecule has 8 nitrogen and oxygen atoms in total. The molecule has 1 heterocycles. The van der Waals surface area contributed by atoms with Crippen molar-refractivity contribution < 1.29 is 28.6 Å². The Morgan fingerprint density at radius 3 is 2.65 bits per heavy atom. The van der Waals surface area contributed by atoms with Crippen LogP contribution >= 0.6 is 0 Å². The second kappa shape index (κ2) is 9.07. The highest BCUT2D eigenvalue weighted by Gasteiger charge is 2.36. The molecule has 2 amide bonds. The second-order valence-electron chi connectivity index (χ2n) is 5.91. The van der Waals surface area contributed by atoms with Gasteiger partial charge in [-0.25, -0.2) is 0 Å². The van der Waals surface area contributed by atoms with Gasteiger partial charge in [0.15, 0.2) is 0 Å². The van der Waals surface area contributed by atoms with E-state index in [0.717, 1.165) is 0 Å². The molecule has 1 fully saturated rings. The molecule has 0 aromatic heterocycles. The van der Waals surface area contributed by atoms with Gasteiger partial charge in [0.05, 0.1) is 32.9 Å². The molecule has 0 saturated carbocycles. The lowest BCUT2D eigenvalue weighted by molar-refractivity contribution is -0.140. The molecule has 1 aliphatic heterocycles. The highest BCUT2D eigenvalue weighted by atomic mass is 16.5. The number of methoxy groups -OCH3 is 3. The Morgan fingerprint density at radius 1 is 1.23 bits per heavy atom. The van der Waals surface area contributed by atoms with E-state index in [2.05, 4.69) is 10.1 Å². The van der Waals surface area contributed by atoms with Crippen molar-refractivity contribution in [2.45, 2.75) is 19.3 Å². The molecule has 0 spiro atoms. The van der Waals surface area contributed by atoms with Crippen LogP contribution in [0, 0.1) is 5.92 Å². The minimum absolute atomic E-state index is 0.136. The van der Waals surface area contributed by atoms with Crippen molar-refractivity contribution in [1.29, 1.82) is 0 Å². The van der Waals surface area contributed by atoms with E-state index in [4.69, 9.17) is 9.47 Å². The Hall–Kier alpha value is -2.77. The monoisotopic (exact) mass is 364 g/mol. The Kier molecular flexibility index (Phi) is 6.82. The van der Waals surface area contributed by atoms with Crippen LogP contribution in [0.25, 0.3) is 0 Å². The van der Waals surface area contributed by atoms with Crippen LogP contribution in [0.4, 0.5) is 5.69 Å². The number of ether oxygens (including phenoxy) is 3. The Morgan fingerprint density at radius 2 is 2.00 bits per heavy atom. The maximum absolute atomic E-state index is 12.4. The van der Waals surface area contributed by atoms with Crippen LogP contribution < -0.4 is 19.7 Å². The van der Waals surface area contributed by atoms with Crippen molar-refractivity contribution >= 4 is 23.5 Å². The number of rotatable bonds is 8. The van der Waals surface area contributed by atoms with Crippen LogP contribution in [0.2, 0.25) is 0 Å². The summed E-state index contributed by atoms with van der Waals surface area (Å²) in [6, 6.07) is 5.18. The molecule has 1 aliphatic rings. The van der Waals surface area contributed by atoms with Crippen LogP contribution in [0.5, 0.6) is 11.5 Å². The first-order valence-corrected chi connectivity index (χ1v) is 8.37. The Bertz CT molecular complexity index is 676. The summed E-state index contributed by atoms with van der Waals surface area (Å²) in [5.74, 6) is 0.0517. The fraction of sp³-hybridized carbons (Fsp3) is 0.500. The summed E-state index contributed by atoms with van der Waals surface area (Å²) in [4.78, 5) is 37.3. The van der Waals surface area contributed by atoms with E-state index < -0.39 is 5.92 Å². The first-order chi connectivity index (χ1) is 12.5. The van der Waals surface area contributed by atoms with Gasteiger partial charge in [0.2, 0.25) is 11.8 Å². The maximum Gasteiger partial charge on any atom is 0.305 e. The number of hydrogen-bond donors (Lipinski definition) is 1. The van der Waals surface area contributed by atoms with Crippen LogP contribution in [-0.2, 0) is 19.1 Å². The molecular weight excluding hydrogens is 340 g/mol. The SMILES string of the molecule is COC(=O)CCCNC(=O)C1CC(=O)N(c2ccc(OC)cc2OC)C1. The zero-order chi connectivity index (χ0) is 19.1. The lowest BCUT2D eigenvalue weighted by Gasteiger charge is -2.20. The highest BCUT2D eigenvalue weighted by Crippen LogP contribution is 2.35. The van der Waals surface area contributed by atoms with Crippen LogP contribution in [0.3, 0.4) is 0 Å². The molecule has 0 radical (unpaired) electrons. The summed E-state index contributed by atoms with van der Waals surface area (Å²) in [6.45, 7) is 0.648. The van der Waals surface area contributed by atoms with E-state index in [-0.39, 0.29) is 37.2 Å². The fourth-order valence-corrected chi connectivity index (χ4v) is 2.81. The number of carbonyl (C=O) groups excluding carboxylic acids is 3. The summed E-state index contributed by atoms with van der Waals surface area (Å²) in [6.07, 6.45) is 0.878. The van der Waals surface area contributed by atoms with E-state index >= 15 is 0 Å². The van der Waals surface area contributed by atoms with E-state index in [1.165, 1.54) is 14.2 Å². The summed E-state index contributed by atoms with van der Waals surface area (Å²) < 4.78 is 15.0. The number of nitrogens with zero attached hydrogens (tertiary/aromatic N) is 1. The van der Waals surface area contributed by atoms with Gasteiger partial charge in [0.1, 0.15) is 11.5 Å². The van der Waals surface area contributed by atoms with Gasteiger partial charge in [-0.15, -0.1) is 0 Å². The third-order valence-corrected chi connectivity index (χ3v) is 4.26. The smallest absolute Gasteiger partial charge is 0.305 e. The molecule has 1 saturated heterocycles. The fourth-order valence-electron chi connectivity index (χ4n) is 2.81. The molecule has 0 aliphatic carbocycles. The largest absolute Gasteiger partial charge is 0.497 e. The predicted molar refractivity (Wildman–Crippen MR) is 94.3 cm³/mol. The van der Waals surface area contributed by atoms with Gasteiger partial charge in [0, 0.05) is 32.0 Å². The van der Waals surface area contributed by atoms with Gasteiger partial charge in [-0.2, -0.15) is 0 Å². The first-order valence-electron chi connectivity index (χ1n) is 8.37. The van der Waals surface area contributed by atoms with E-state index in [1.807, 2.05) is 0 Å². The van der Waals surface area contributed by atoms with Gasteiger partial charge >= 0.3 is 5.97 Å². The van der Waals surface area contributed by atoms with E-state index in [0.29, 0.717) is 30.2 Å². The van der Waals surface area contributed by atoms with Crippen molar-refractivity contribution in [1.82, 2.24) is 5.32 Å². The highest BCUT2D eigenvalue weighted by molar-refractivity contribution is 6.01. The number of benzene rings is 1. The van der Waals surface area contributed by atoms with Crippen molar-refractivity contribution in [3.8, 4) is 11.5 Å². The maximum atomic E-state index is 12.4. The quantitative estimate of drug-likeness (QED) is 0.549. The molecule has 1 unspecified atom stereocenters. The summed E-state index contributed by atoms with van der Waals surface area (Å²) in [7, 11) is 4.40. The van der Waals surface area contributed by atoms with Gasteiger partial charge in [-0.05, 0) is 18.6 Å². The first kappa shape index (κ1) is 19.6. The molecule has 1 aromatic rings. The van der Waals surface area contributed by atoms with Crippen molar-refractivity contribution in [3.05, 3.63) is 18.2 Å². The number of hydrogen-bond acceptors (Lipinski definition) is 6. The van der Waals surface area contributed by atoms with Gasteiger partial charge in [-0.3, -0.25) is 14.4 Å². The lowest BCUT2D eigenvalue weighted by atomic mass is 10.1. The zero-order valence-corrected chi connectivity index (χ0v) is 15.2. The normalized spacial score (nSPS) is 16.3. The molecule has 1 aromatic carbocycles. The minimum atomic E-state index is -0.438. The third-order valence-electron chi connectivity index (χ3n) is 4.26. The second-order valence-corrected chi connectivity index (χ2v) is 5.91. The standard InChI is InChI=1S/C18H24N2O6/c1-24-13-6-7-14(15(10-13)25-2)20-11-12(9-16(20)21)18(23)19-8-4-5-17(22)26-3/h6-7,10,12H,4-5,8-9,11H2,1-3H3,(H,19,23). The molecule has 1 N–H and O–H groups in total. The van der Waals surface area contributed by atoms with Crippen LogP contribution in [0.1, 0.15) is 19.3 Å². The van der Waals surface area contributed by atoms with E-state index in [1.54, 1.807) is 30.2 Å². The summed E-state index contributed by atoms with van der Waals surface area (Å²) >= 11 is 0. The predicted octanol–water partition coefficient (Wildman–Crippen LogP) is 1.13. The molecule has 2 rings (SSSR count). The molecule has 1 atom stereocenters. The van der Waals surface area contributed by atoms with Crippen LogP contribution in [0.15, 0.2) is 18.2 Å². The van der Waals surface area contributed by atoms with Crippen molar-refractivity contribution in [3.63, 3.8) is 0 Å².